The Kier molecular flexibility index (Phi) is 8.56. The molecule has 0 aromatic rings. The van der Waals surface area contributed by atoms with Gasteiger partial charge in [0, 0.05) is 19.6 Å². The smallest absolute Gasteiger partial charge is 0.244 e. The molecule has 0 aromatic heterocycles. The zero-order chi connectivity index (χ0) is 20.8. The van der Waals surface area contributed by atoms with Crippen molar-refractivity contribution in [1.29, 1.82) is 0 Å². The van der Waals surface area contributed by atoms with Crippen LogP contribution in [-0.2, 0) is 14.3 Å². The van der Waals surface area contributed by atoms with E-state index in [0.717, 1.165) is 19.2 Å². The minimum atomic E-state index is -1.21. The Morgan fingerprint density at radius 1 is 1.36 bits per heavy atom. The van der Waals surface area contributed by atoms with Gasteiger partial charge in [0.05, 0.1) is 30.6 Å². The Labute approximate surface area is 165 Å². The van der Waals surface area contributed by atoms with Crippen molar-refractivity contribution >= 4 is 12.2 Å². The van der Waals surface area contributed by atoms with Gasteiger partial charge in [-0.25, -0.2) is 0 Å². The second kappa shape index (κ2) is 10.4. The molecule has 2 fully saturated rings. The van der Waals surface area contributed by atoms with Crippen LogP contribution in [0, 0.1) is 0 Å². The average Bonchev–Trinajstić information content (AvgIpc) is 2.65. The van der Waals surface area contributed by atoms with Gasteiger partial charge < -0.3 is 47.1 Å². The number of carbonyl (C=O) groups is 1. The lowest BCUT2D eigenvalue weighted by molar-refractivity contribution is -0.253. The Balaban J connectivity index is 2.09. The topological polar surface area (TPSA) is 182 Å². The number of likely N-dealkylation sites (N-methyl/N-ethyl adjacent to an activating group) is 2. The molecule has 1 aliphatic carbocycles. The van der Waals surface area contributed by atoms with E-state index in [1.807, 2.05) is 7.05 Å². The standard InChI is InChI=1S/C17H34N6O5/c1-21-6-9-3-4-10(19)17(27-9)28-16-11(20)5-12(24)14(15(16)26)23(2)13(25)7-22-8-18/h8-12,14-17,21,24,26H,3-7,19-20H2,1-2H3,(H2,18,22). The molecule has 162 valence electrons. The largest absolute Gasteiger partial charge is 0.391 e. The second-order valence-electron chi connectivity index (χ2n) is 7.47. The van der Waals surface area contributed by atoms with Crippen molar-refractivity contribution in [2.75, 3.05) is 27.2 Å². The molecule has 11 nitrogen and oxygen atoms in total. The Morgan fingerprint density at radius 3 is 2.71 bits per heavy atom. The molecular formula is C17H34N6O5. The van der Waals surface area contributed by atoms with Crippen molar-refractivity contribution in [3.05, 3.63) is 0 Å². The van der Waals surface area contributed by atoms with E-state index in [4.69, 9.17) is 26.7 Å². The maximum Gasteiger partial charge on any atom is 0.244 e. The van der Waals surface area contributed by atoms with E-state index in [-0.39, 0.29) is 25.1 Å². The highest BCUT2D eigenvalue weighted by Crippen LogP contribution is 2.29. The summed E-state index contributed by atoms with van der Waals surface area (Å²) in [7, 11) is 3.33. The SMILES string of the molecule is CNCC1CCC(N)C(OC2C(N)CC(O)C(N(C)C(=O)CN=CN)C2O)O1. The number of nitrogens with one attached hydrogen (secondary N) is 1. The van der Waals surface area contributed by atoms with E-state index >= 15 is 0 Å². The van der Waals surface area contributed by atoms with Crippen LogP contribution in [0.1, 0.15) is 19.3 Å². The minimum Gasteiger partial charge on any atom is -0.391 e. The molecular weight excluding hydrogens is 368 g/mol. The molecule has 9 N–H and O–H groups in total. The number of hydrogen-bond donors (Lipinski definition) is 6. The number of hydrogen-bond acceptors (Lipinski definition) is 9. The van der Waals surface area contributed by atoms with Gasteiger partial charge in [-0.2, -0.15) is 0 Å². The monoisotopic (exact) mass is 402 g/mol. The highest BCUT2D eigenvalue weighted by atomic mass is 16.7. The molecule has 1 saturated carbocycles. The van der Waals surface area contributed by atoms with Crippen LogP contribution in [0.15, 0.2) is 4.99 Å². The van der Waals surface area contributed by atoms with Crippen molar-refractivity contribution in [2.45, 2.75) is 68.1 Å². The molecule has 1 amide bonds. The van der Waals surface area contributed by atoms with Gasteiger partial charge in [0.15, 0.2) is 6.29 Å². The first kappa shape index (κ1) is 22.9. The molecule has 0 radical (unpaired) electrons. The number of carbonyl (C=O) groups excluding carboxylic acids is 1. The first-order valence-corrected chi connectivity index (χ1v) is 9.58. The van der Waals surface area contributed by atoms with E-state index in [0.29, 0.717) is 6.54 Å². The van der Waals surface area contributed by atoms with Crippen molar-refractivity contribution < 1.29 is 24.5 Å². The van der Waals surface area contributed by atoms with Crippen molar-refractivity contribution in [3.63, 3.8) is 0 Å². The third-order valence-electron chi connectivity index (χ3n) is 5.41. The Bertz CT molecular complexity index is 538. The molecule has 0 bridgehead atoms. The lowest BCUT2D eigenvalue weighted by atomic mass is 9.83. The fourth-order valence-corrected chi connectivity index (χ4v) is 3.84. The zero-order valence-electron chi connectivity index (χ0n) is 16.5. The van der Waals surface area contributed by atoms with Gasteiger partial charge in [-0.05, 0) is 26.3 Å². The molecule has 2 aliphatic rings. The number of nitrogens with two attached hydrogens (primary N) is 3. The van der Waals surface area contributed by atoms with Crippen molar-refractivity contribution in [2.24, 2.45) is 22.2 Å². The molecule has 11 heteroatoms. The van der Waals surface area contributed by atoms with Crippen LogP contribution in [0.3, 0.4) is 0 Å². The summed E-state index contributed by atoms with van der Waals surface area (Å²) in [6.07, 6.45) is -1.11. The predicted octanol–water partition coefficient (Wildman–Crippen LogP) is -3.31. The molecule has 1 aliphatic heterocycles. The first-order chi connectivity index (χ1) is 13.3. The molecule has 0 aromatic carbocycles. The van der Waals surface area contributed by atoms with Crippen LogP contribution >= 0.6 is 0 Å². The van der Waals surface area contributed by atoms with Crippen LogP contribution in [0.2, 0.25) is 0 Å². The zero-order valence-corrected chi connectivity index (χ0v) is 16.5. The lowest BCUT2D eigenvalue weighted by Gasteiger charge is -2.47. The van der Waals surface area contributed by atoms with Crippen LogP contribution in [0.4, 0.5) is 0 Å². The third-order valence-corrected chi connectivity index (χ3v) is 5.41. The Morgan fingerprint density at radius 2 is 2.07 bits per heavy atom. The van der Waals surface area contributed by atoms with Crippen LogP contribution in [-0.4, -0.2) is 103 Å². The van der Waals surface area contributed by atoms with E-state index in [2.05, 4.69) is 10.3 Å². The summed E-state index contributed by atoms with van der Waals surface area (Å²) in [4.78, 5) is 17.2. The van der Waals surface area contributed by atoms with Gasteiger partial charge in [0.25, 0.3) is 0 Å². The predicted molar refractivity (Wildman–Crippen MR) is 103 cm³/mol. The fraction of sp³-hybridized carbons (Fsp3) is 0.882. The molecule has 1 saturated heterocycles. The van der Waals surface area contributed by atoms with Crippen LogP contribution in [0.5, 0.6) is 0 Å². The summed E-state index contributed by atoms with van der Waals surface area (Å²) < 4.78 is 11.9. The first-order valence-electron chi connectivity index (χ1n) is 9.58. The number of aliphatic hydroxyl groups excluding tert-OH is 2. The number of aliphatic hydroxyl groups is 2. The maximum atomic E-state index is 12.2. The van der Waals surface area contributed by atoms with E-state index in [1.54, 1.807) is 0 Å². The van der Waals surface area contributed by atoms with Crippen LogP contribution in [0.25, 0.3) is 0 Å². The van der Waals surface area contributed by atoms with E-state index in [9.17, 15) is 15.0 Å². The summed E-state index contributed by atoms with van der Waals surface area (Å²) in [6.45, 7) is 0.481. The van der Waals surface area contributed by atoms with Crippen molar-refractivity contribution in [1.82, 2.24) is 10.2 Å². The number of nitrogens with zero attached hydrogens (tertiary/aromatic N) is 2. The number of rotatable bonds is 7. The van der Waals surface area contributed by atoms with Crippen LogP contribution < -0.4 is 22.5 Å². The summed E-state index contributed by atoms with van der Waals surface area (Å²) in [5, 5.41) is 24.4. The van der Waals surface area contributed by atoms with E-state index < -0.39 is 42.6 Å². The van der Waals surface area contributed by atoms with Gasteiger partial charge in [-0.3, -0.25) is 9.79 Å². The molecule has 0 spiro atoms. The van der Waals surface area contributed by atoms with Gasteiger partial charge >= 0.3 is 0 Å². The average molecular weight is 402 g/mol. The highest BCUT2D eigenvalue weighted by Gasteiger charge is 2.47. The lowest BCUT2D eigenvalue weighted by Crippen LogP contribution is -2.66. The minimum absolute atomic E-state index is 0.0495. The van der Waals surface area contributed by atoms with Gasteiger partial charge in [0.1, 0.15) is 18.8 Å². The Hall–Kier alpha value is -1.34. The molecule has 8 unspecified atom stereocenters. The number of ether oxygens (including phenoxy) is 2. The van der Waals surface area contributed by atoms with Gasteiger partial charge in [-0.15, -0.1) is 0 Å². The summed E-state index contributed by atoms with van der Waals surface area (Å²) in [6, 6.07) is -1.87. The quantitative estimate of drug-likeness (QED) is 0.188. The van der Waals surface area contributed by atoms with E-state index in [1.165, 1.54) is 11.9 Å². The second-order valence-corrected chi connectivity index (χ2v) is 7.47. The molecule has 8 atom stereocenters. The number of amides is 1. The normalized spacial score (nSPS) is 39.2. The molecule has 2 rings (SSSR count). The summed E-state index contributed by atoms with van der Waals surface area (Å²) in [5.74, 6) is -0.390. The molecule has 28 heavy (non-hydrogen) atoms. The summed E-state index contributed by atoms with van der Waals surface area (Å²) >= 11 is 0. The van der Waals surface area contributed by atoms with Gasteiger partial charge in [0.2, 0.25) is 5.91 Å². The summed E-state index contributed by atoms with van der Waals surface area (Å²) in [5.41, 5.74) is 17.4. The number of aliphatic imine (C=N–C) groups is 1. The third kappa shape index (κ3) is 5.38. The van der Waals surface area contributed by atoms with Crippen molar-refractivity contribution in [3.8, 4) is 0 Å². The van der Waals surface area contributed by atoms with Gasteiger partial charge in [-0.1, -0.05) is 0 Å². The maximum absolute atomic E-state index is 12.2. The molecule has 1 heterocycles. The fourth-order valence-electron chi connectivity index (χ4n) is 3.84. The highest BCUT2D eigenvalue weighted by molar-refractivity contribution is 5.79.